The molecule has 23 heavy (non-hydrogen) atoms. The Kier molecular flexibility index (Phi) is 4.71. The van der Waals surface area contributed by atoms with E-state index in [1.165, 1.54) is 19.8 Å². The first-order chi connectivity index (χ1) is 11.1. The Morgan fingerprint density at radius 2 is 2.22 bits per heavy atom. The van der Waals surface area contributed by atoms with Gasteiger partial charge in [-0.15, -0.1) is 0 Å². The van der Waals surface area contributed by atoms with Crippen LogP contribution in [0.15, 0.2) is 29.0 Å². The Labute approximate surface area is 135 Å². The molecule has 122 valence electrons. The highest BCUT2D eigenvalue weighted by molar-refractivity contribution is 5.94. The molecule has 1 saturated heterocycles. The number of hydrogen-bond acceptors (Lipinski definition) is 6. The second kappa shape index (κ2) is 6.91. The molecular weight excluding hydrogens is 292 g/mol. The van der Waals surface area contributed by atoms with Crippen molar-refractivity contribution in [1.82, 2.24) is 14.9 Å². The van der Waals surface area contributed by atoms with Gasteiger partial charge in [-0.05, 0) is 51.9 Å². The fraction of sp³-hybridized carbons (Fsp3) is 0.471. The average molecular weight is 314 g/mol. The fourth-order valence-electron chi connectivity index (χ4n) is 3.03. The maximum Gasteiger partial charge on any atom is 0.222 e. The number of Topliss-reactive ketones (excluding diaryl/α,β-unsaturated/α-hetero) is 1. The zero-order chi connectivity index (χ0) is 16.2. The zero-order valence-electron chi connectivity index (χ0n) is 13.6. The van der Waals surface area contributed by atoms with Crippen molar-refractivity contribution in [2.45, 2.75) is 32.7 Å². The summed E-state index contributed by atoms with van der Waals surface area (Å²) in [7, 11) is 0. The van der Waals surface area contributed by atoms with Gasteiger partial charge in [0.1, 0.15) is 5.76 Å². The predicted molar refractivity (Wildman–Crippen MR) is 87.5 cm³/mol. The highest BCUT2D eigenvalue weighted by Gasteiger charge is 2.25. The molecule has 0 saturated carbocycles. The number of aromatic nitrogens is 2. The van der Waals surface area contributed by atoms with E-state index in [0.29, 0.717) is 23.8 Å². The quantitative estimate of drug-likeness (QED) is 0.827. The first kappa shape index (κ1) is 15.7. The van der Waals surface area contributed by atoms with Crippen LogP contribution in [-0.4, -0.2) is 40.3 Å². The summed E-state index contributed by atoms with van der Waals surface area (Å²) >= 11 is 0. The van der Waals surface area contributed by atoms with E-state index in [0.717, 1.165) is 18.8 Å². The first-order valence-corrected chi connectivity index (χ1v) is 8.01. The molecule has 3 heterocycles. The van der Waals surface area contributed by atoms with Crippen LogP contribution >= 0.6 is 0 Å². The van der Waals surface area contributed by atoms with Gasteiger partial charge in [-0.1, -0.05) is 0 Å². The van der Waals surface area contributed by atoms with Crippen molar-refractivity contribution < 1.29 is 9.21 Å². The summed E-state index contributed by atoms with van der Waals surface area (Å²) in [6.45, 7) is 6.19. The number of ketones is 1. The van der Waals surface area contributed by atoms with Crippen LogP contribution in [0.4, 0.5) is 5.95 Å². The molecule has 0 aromatic carbocycles. The minimum Gasteiger partial charge on any atom is -0.468 e. The molecule has 1 atom stereocenters. The van der Waals surface area contributed by atoms with E-state index in [2.05, 4.69) is 20.2 Å². The monoisotopic (exact) mass is 314 g/mol. The number of nitrogens with one attached hydrogen (secondary N) is 1. The third-order valence-corrected chi connectivity index (χ3v) is 4.27. The van der Waals surface area contributed by atoms with Crippen LogP contribution < -0.4 is 5.32 Å². The van der Waals surface area contributed by atoms with Gasteiger partial charge in [0.25, 0.3) is 0 Å². The summed E-state index contributed by atoms with van der Waals surface area (Å²) in [5.74, 6) is 1.49. The van der Waals surface area contributed by atoms with Crippen LogP contribution in [0, 0.1) is 6.92 Å². The smallest absolute Gasteiger partial charge is 0.222 e. The molecule has 1 aliphatic rings. The second-order valence-electron chi connectivity index (χ2n) is 5.90. The average Bonchev–Trinajstić information content (AvgIpc) is 3.21. The minimum absolute atomic E-state index is 0.0143. The molecule has 2 aromatic rings. The highest BCUT2D eigenvalue weighted by atomic mass is 16.3. The van der Waals surface area contributed by atoms with Crippen LogP contribution in [-0.2, 0) is 0 Å². The van der Waals surface area contributed by atoms with E-state index in [4.69, 9.17) is 4.42 Å². The number of hydrogen-bond donors (Lipinski definition) is 1. The normalized spacial score (nSPS) is 16.4. The summed E-state index contributed by atoms with van der Waals surface area (Å²) in [4.78, 5) is 22.5. The Morgan fingerprint density at radius 3 is 2.83 bits per heavy atom. The summed E-state index contributed by atoms with van der Waals surface area (Å²) in [5, 5.41) is 3.28. The lowest BCUT2D eigenvalue weighted by molar-refractivity contribution is 0.101. The summed E-state index contributed by atoms with van der Waals surface area (Å²) in [5.41, 5.74) is 1.27. The first-order valence-electron chi connectivity index (χ1n) is 8.01. The molecule has 0 bridgehead atoms. The molecule has 0 aliphatic carbocycles. The Balaban J connectivity index is 1.71. The third-order valence-electron chi connectivity index (χ3n) is 4.27. The van der Waals surface area contributed by atoms with Crippen molar-refractivity contribution in [1.29, 1.82) is 0 Å². The molecule has 0 spiro atoms. The van der Waals surface area contributed by atoms with Crippen molar-refractivity contribution in [3.63, 3.8) is 0 Å². The highest BCUT2D eigenvalue weighted by Crippen LogP contribution is 2.25. The standard InChI is InChI=1S/C17H22N4O2/c1-12-14(13(2)22)10-18-17(20-12)19-11-15(16-6-5-9-23-16)21-7-3-4-8-21/h5-6,9-10,15H,3-4,7-8,11H2,1-2H3,(H,18,19,20). The van der Waals surface area contributed by atoms with E-state index in [1.807, 2.05) is 19.1 Å². The summed E-state index contributed by atoms with van der Waals surface area (Å²) in [6.07, 6.45) is 5.74. The molecule has 0 radical (unpaired) electrons. The Hall–Kier alpha value is -2.21. The van der Waals surface area contributed by atoms with Crippen molar-refractivity contribution in [3.05, 3.63) is 41.6 Å². The van der Waals surface area contributed by atoms with E-state index < -0.39 is 0 Å². The van der Waals surface area contributed by atoms with Gasteiger partial charge in [0.2, 0.25) is 5.95 Å². The molecule has 6 heteroatoms. The van der Waals surface area contributed by atoms with E-state index in [-0.39, 0.29) is 11.8 Å². The number of rotatable bonds is 6. The van der Waals surface area contributed by atoms with E-state index in [9.17, 15) is 4.79 Å². The van der Waals surface area contributed by atoms with Gasteiger partial charge in [-0.2, -0.15) is 0 Å². The number of carbonyl (C=O) groups is 1. The number of furan rings is 1. The van der Waals surface area contributed by atoms with E-state index in [1.54, 1.807) is 12.5 Å². The molecule has 1 N–H and O–H groups in total. The van der Waals surface area contributed by atoms with Gasteiger partial charge < -0.3 is 9.73 Å². The van der Waals surface area contributed by atoms with Gasteiger partial charge in [-0.25, -0.2) is 9.97 Å². The third kappa shape index (κ3) is 3.59. The maximum atomic E-state index is 11.5. The number of nitrogens with zero attached hydrogens (tertiary/aromatic N) is 3. The molecule has 0 amide bonds. The Morgan fingerprint density at radius 1 is 1.43 bits per heavy atom. The predicted octanol–water partition coefficient (Wildman–Crippen LogP) is 2.83. The van der Waals surface area contributed by atoms with Crippen LogP contribution in [0.1, 0.15) is 47.6 Å². The van der Waals surface area contributed by atoms with E-state index >= 15 is 0 Å². The largest absolute Gasteiger partial charge is 0.468 e. The maximum absolute atomic E-state index is 11.5. The van der Waals surface area contributed by atoms with Crippen LogP contribution in [0.25, 0.3) is 0 Å². The number of likely N-dealkylation sites (tertiary alicyclic amines) is 1. The fourth-order valence-corrected chi connectivity index (χ4v) is 3.03. The van der Waals surface area contributed by atoms with Gasteiger partial charge in [0, 0.05) is 12.7 Å². The summed E-state index contributed by atoms with van der Waals surface area (Å²) < 4.78 is 5.60. The van der Waals surface area contributed by atoms with Crippen LogP contribution in [0.2, 0.25) is 0 Å². The lowest BCUT2D eigenvalue weighted by atomic mass is 10.2. The number of carbonyl (C=O) groups excluding carboxylic acids is 1. The summed E-state index contributed by atoms with van der Waals surface area (Å²) in [6, 6.07) is 4.10. The van der Waals surface area contributed by atoms with Gasteiger partial charge >= 0.3 is 0 Å². The molecule has 1 fully saturated rings. The SMILES string of the molecule is CC(=O)c1cnc(NCC(c2ccco2)N2CCCC2)nc1C. The van der Waals surface area contributed by atoms with Gasteiger partial charge in [0.05, 0.1) is 23.6 Å². The molecular formula is C17H22N4O2. The molecule has 1 unspecified atom stereocenters. The molecule has 6 nitrogen and oxygen atoms in total. The van der Waals surface area contributed by atoms with Crippen LogP contribution in [0.3, 0.4) is 0 Å². The van der Waals surface area contributed by atoms with Gasteiger partial charge in [0.15, 0.2) is 5.78 Å². The number of anilines is 1. The minimum atomic E-state index is -0.0143. The topological polar surface area (TPSA) is 71.3 Å². The lowest BCUT2D eigenvalue weighted by Gasteiger charge is -2.26. The second-order valence-corrected chi connectivity index (χ2v) is 5.90. The zero-order valence-corrected chi connectivity index (χ0v) is 13.6. The van der Waals surface area contributed by atoms with Crippen molar-refractivity contribution >= 4 is 11.7 Å². The van der Waals surface area contributed by atoms with Crippen molar-refractivity contribution in [2.24, 2.45) is 0 Å². The van der Waals surface area contributed by atoms with Gasteiger partial charge in [-0.3, -0.25) is 9.69 Å². The molecule has 2 aromatic heterocycles. The molecule has 3 rings (SSSR count). The van der Waals surface area contributed by atoms with Crippen molar-refractivity contribution in [3.8, 4) is 0 Å². The van der Waals surface area contributed by atoms with Crippen LogP contribution in [0.5, 0.6) is 0 Å². The lowest BCUT2D eigenvalue weighted by Crippen LogP contribution is -2.31. The Bertz CT molecular complexity index is 663. The van der Waals surface area contributed by atoms with Crippen molar-refractivity contribution in [2.75, 3.05) is 25.0 Å². The number of aryl methyl sites for hydroxylation is 1. The molecule has 1 aliphatic heterocycles.